The average Bonchev–Trinajstić information content (AvgIpc) is 2.61. The van der Waals surface area contributed by atoms with Gasteiger partial charge in [-0.15, -0.1) is 0 Å². The lowest BCUT2D eigenvalue weighted by Gasteiger charge is -2.08. The molecule has 122 valence electrons. The van der Waals surface area contributed by atoms with E-state index >= 15 is 0 Å². The number of carbonyl (C=O) groups is 2. The maximum atomic E-state index is 11.9. The summed E-state index contributed by atoms with van der Waals surface area (Å²) < 4.78 is 4.90. The Morgan fingerprint density at radius 1 is 1.12 bits per heavy atom. The van der Waals surface area contributed by atoms with Gasteiger partial charge in [0.25, 0.3) is 0 Å². The summed E-state index contributed by atoms with van der Waals surface area (Å²) in [5.74, 6) is -0.629. The van der Waals surface area contributed by atoms with Gasteiger partial charge in [0, 0.05) is 11.4 Å². The normalized spacial score (nSPS) is 9.67. The molecule has 2 aromatic rings. The number of amides is 1. The van der Waals surface area contributed by atoms with Crippen LogP contribution in [0, 0.1) is 11.3 Å². The Morgan fingerprint density at radius 2 is 1.88 bits per heavy atom. The zero-order valence-corrected chi connectivity index (χ0v) is 13.2. The van der Waals surface area contributed by atoms with Crippen LogP contribution < -0.4 is 10.6 Å². The number of hydrogen-bond donors (Lipinski definition) is 2. The van der Waals surface area contributed by atoms with Crippen molar-refractivity contribution in [2.75, 3.05) is 23.8 Å². The lowest BCUT2D eigenvalue weighted by Crippen LogP contribution is -2.21. The topological polar surface area (TPSA) is 91.2 Å². The molecule has 0 aliphatic rings. The Morgan fingerprint density at radius 3 is 2.54 bits per heavy atom. The van der Waals surface area contributed by atoms with Gasteiger partial charge in [-0.3, -0.25) is 4.79 Å². The summed E-state index contributed by atoms with van der Waals surface area (Å²) in [6.07, 6.45) is 0. The van der Waals surface area contributed by atoms with Gasteiger partial charge < -0.3 is 15.4 Å². The first kappa shape index (κ1) is 17.0. The summed E-state index contributed by atoms with van der Waals surface area (Å²) in [5, 5.41) is 14.5. The first-order valence-electron chi connectivity index (χ1n) is 7.43. The summed E-state index contributed by atoms with van der Waals surface area (Å²) in [6.45, 7) is 2.12. The number of nitrogens with zero attached hydrogens (tertiary/aromatic N) is 1. The molecular formula is C18H17N3O3. The van der Waals surface area contributed by atoms with Crippen molar-refractivity contribution >= 4 is 23.3 Å². The number of hydrogen-bond acceptors (Lipinski definition) is 5. The van der Waals surface area contributed by atoms with Crippen LogP contribution in [0.1, 0.15) is 22.8 Å². The van der Waals surface area contributed by atoms with Gasteiger partial charge in [-0.1, -0.05) is 6.07 Å². The van der Waals surface area contributed by atoms with E-state index in [0.29, 0.717) is 29.1 Å². The van der Waals surface area contributed by atoms with Crippen LogP contribution in [0.3, 0.4) is 0 Å². The standard InChI is InChI=1S/C18H17N3O3/c1-2-24-18(23)14-6-8-15(9-7-14)21-17(22)12-20-16-5-3-4-13(10-16)11-19/h3-10,20H,2,12H2,1H3,(H,21,22). The number of anilines is 2. The van der Waals surface area contributed by atoms with Gasteiger partial charge in [-0.25, -0.2) is 4.79 Å². The number of benzene rings is 2. The van der Waals surface area contributed by atoms with Gasteiger partial charge >= 0.3 is 5.97 Å². The van der Waals surface area contributed by atoms with Gasteiger partial charge in [0.2, 0.25) is 5.91 Å². The Bertz CT molecular complexity index is 764. The monoisotopic (exact) mass is 323 g/mol. The molecule has 0 saturated carbocycles. The van der Waals surface area contributed by atoms with Crippen LogP contribution in [0.4, 0.5) is 11.4 Å². The highest BCUT2D eigenvalue weighted by atomic mass is 16.5. The van der Waals surface area contributed by atoms with E-state index in [4.69, 9.17) is 10.00 Å². The zero-order valence-electron chi connectivity index (χ0n) is 13.2. The third-order valence-corrected chi connectivity index (χ3v) is 3.12. The molecule has 0 saturated heterocycles. The highest BCUT2D eigenvalue weighted by molar-refractivity contribution is 5.95. The molecule has 0 spiro atoms. The van der Waals surface area contributed by atoms with Crippen molar-refractivity contribution in [3.8, 4) is 6.07 Å². The molecule has 24 heavy (non-hydrogen) atoms. The minimum atomic E-state index is -0.394. The fourth-order valence-electron chi connectivity index (χ4n) is 1.99. The van der Waals surface area contributed by atoms with Crippen molar-refractivity contribution in [2.24, 2.45) is 0 Å². The molecule has 0 fully saturated rings. The molecule has 2 rings (SSSR count). The molecule has 0 aliphatic heterocycles. The summed E-state index contributed by atoms with van der Waals surface area (Å²) in [7, 11) is 0. The van der Waals surface area contributed by atoms with E-state index in [1.165, 1.54) is 0 Å². The molecular weight excluding hydrogens is 306 g/mol. The van der Waals surface area contributed by atoms with Gasteiger partial charge in [-0.2, -0.15) is 5.26 Å². The maximum Gasteiger partial charge on any atom is 0.338 e. The largest absolute Gasteiger partial charge is 0.462 e. The van der Waals surface area contributed by atoms with Crippen molar-refractivity contribution in [3.05, 3.63) is 59.7 Å². The van der Waals surface area contributed by atoms with E-state index < -0.39 is 5.97 Å². The van der Waals surface area contributed by atoms with Crippen LogP contribution in [0.2, 0.25) is 0 Å². The van der Waals surface area contributed by atoms with Crippen LogP contribution >= 0.6 is 0 Å². The van der Waals surface area contributed by atoms with Crippen molar-refractivity contribution in [1.82, 2.24) is 0 Å². The Hall–Kier alpha value is -3.33. The first-order valence-corrected chi connectivity index (χ1v) is 7.43. The fraction of sp³-hybridized carbons (Fsp3) is 0.167. The van der Waals surface area contributed by atoms with Gasteiger partial charge in [0.1, 0.15) is 0 Å². The SMILES string of the molecule is CCOC(=O)c1ccc(NC(=O)CNc2cccc(C#N)c2)cc1. The molecule has 0 bridgehead atoms. The van der Waals surface area contributed by atoms with Crippen molar-refractivity contribution in [3.63, 3.8) is 0 Å². The van der Waals surface area contributed by atoms with E-state index in [0.717, 1.165) is 0 Å². The van der Waals surface area contributed by atoms with E-state index in [2.05, 4.69) is 10.6 Å². The van der Waals surface area contributed by atoms with Gasteiger partial charge in [0.05, 0.1) is 30.3 Å². The number of nitriles is 1. The minimum Gasteiger partial charge on any atom is -0.462 e. The van der Waals surface area contributed by atoms with E-state index in [1.807, 2.05) is 6.07 Å². The predicted octanol–water partition coefficient (Wildman–Crippen LogP) is 2.79. The smallest absolute Gasteiger partial charge is 0.338 e. The van der Waals surface area contributed by atoms with Gasteiger partial charge in [0.15, 0.2) is 0 Å². The van der Waals surface area contributed by atoms with Crippen LogP contribution in [0.25, 0.3) is 0 Å². The highest BCUT2D eigenvalue weighted by Gasteiger charge is 2.07. The molecule has 0 heterocycles. The third kappa shape index (κ3) is 4.85. The Labute approximate surface area is 140 Å². The molecule has 0 atom stereocenters. The van der Waals surface area contributed by atoms with Crippen molar-refractivity contribution in [1.29, 1.82) is 5.26 Å². The molecule has 0 aromatic heterocycles. The Balaban J connectivity index is 1.88. The van der Waals surface area contributed by atoms with E-state index in [1.54, 1.807) is 55.5 Å². The number of ether oxygens (including phenoxy) is 1. The lowest BCUT2D eigenvalue weighted by molar-refractivity contribution is -0.114. The second kappa shape index (κ2) is 8.34. The molecule has 0 radical (unpaired) electrons. The molecule has 2 aromatic carbocycles. The van der Waals surface area contributed by atoms with Crippen LogP contribution in [-0.2, 0) is 9.53 Å². The fourth-order valence-corrected chi connectivity index (χ4v) is 1.99. The predicted molar refractivity (Wildman–Crippen MR) is 90.7 cm³/mol. The number of carbonyl (C=O) groups excluding carboxylic acids is 2. The van der Waals surface area contributed by atoms with Crippen molar-refractivity contribution < 1.29 is 14.3 Å². The molecule has 6 nitrogen and oxygen atoms in total. The van der Waals surface area contributed by atoms with Crippen LogP contribution in [0.15, 0.2) is 48.5 Å². The maximum absolute atomic E-state index is 11.9. The number of nitrogens with one attached hydrogen (secondary N) is 2. The number of rotatable bonds is 6. The second-order valence-electron chi connectivity index (χ2n) is 4.89. The minimum absolute atomic E-state index is 0.0640. The summed E-state index contributed by atoms with van der Waals surface area (Å²) in [6, 6.07) is 15.4. The first-order chi connectivity index (χ1) is 11.6. The number of esters is 1. The van der Waals surface area contributed by atoms with E-state index in [9.17, 15) is 9.59 Å². The quantitative estimate of drug-likeness (QED) is 0.798. The molecule has 2 N–H and O–H groups in total. The van der Waals surface area contributed by atoms with Gasteiger partial charge in [-0.05, 0) is 49.4 Å². The molecule has 1 amide bonds. The third-order valence-electron chi connectivity index (χ3n) is 3.12. The summed E-state index contributed by atoms with van der Waals surface area (Å²) in [4.78, 5) is 23.5. The second-order valence-corrected chi connectivity index (χ2v) is 4.89. The van der Waals surface area contributed by atoms with Crippen molar-refractivity contribution in [2.45, 2.75) is 6.92 Å². The molecule has 0 aliphatic carbocycles. The van der Waals surface area contributed by atoms with E-state index in [-0.39, 0.29) is 12.5 Å². The summed E-state index contributed by atoms with van der Waals surface area (Å²) >= 11 is 0. The van der Waals surface area contributed by atoms with Crippen LogP contribution in [0.5, 0.6) is 0 Å². The summed E-state index contributed by atoms with van der Waals surface area (Å²) in [5.41, 5.74) is 2.23. The lowest BCUT2D eigenvalue weighted by atomic mass is 10.2. The average molecular weight is 323 g/mol. The Kier molecular flexibility index (Phi) is 5.92. The zero-order chi connectivity index (χ0) is 17.4. The molecule has 6 heteroatoms. The highest BCUT2D eigenvalue weighted by Crippen LogP contribution is 2.12. The van der Waals surface area contributed by atoms with Crippen LogP contribution in [-0.4, -0.2) is 25.0 Å². The molecule has 0 unspecified atom stereocenters.